The second kappa shape index (κ2) is 6.64. The molecule has 2 aromatic rings. The van der Waals surface area contributed by atoms with Gasteiger partial charge < -0.3 is 24.4 Å². The zero-order valence-electron chi connectivity index (χ0n) is 14.3. The Labute approximate surface area is 145 Å². The van der Waals surface area contributed by atoms with Gasteiger partial charge in [0.1, 0.15) is 0 Å². The maximum absolute atomic E-state index is 12.0. The van der Waals surface area contributed by atoms with Crippen LogP contribution in [-0.2, 0) is 6.42 Å². The van der Waals surface area contributed by atoms with Crippen LogP contribution >= 0.6 is 0 Å². The third-order valence-corrected chi connectivity index (χ3v) is 4.49. The quantitative estimate of drug-likeness (QED) is 0.889. The lowest BCUT2D eigenvalue weighted by molar-refractivity contribution is 0.169. The van der Waals surface area contributed by atoms with Crippen molar-refractivity contribution in [2.24, 2.45) is 0 Å². The summed E-state index contributed by atoms with van der Waals surface area (Å²) in [7, 11) is 4.59. The first-order valence-corrected chi connectivity index (χ1v) is 7.89. The Hall–Kier alpha value is -2.73. The van der Waals surface area contributed by atoms with E-state index in [1.807, 2.05) is 6.07 Å². The van der Waals surface area contributed by atoms with E-state index in [0.717, 1.165) is 11.1 Å². The van der Waals surface area contributed by atoms with Crippen LogP contribution in [0.25, 0.3) is 11.1 Å². The molecule has 0 fully saturated rings. The SMILES string of the molecule is COc1cc2c(c(OC)c1OC)-c1ccc(O)c(=O)cc1[C@H](O)CC2. The topological polar surface area (TPSA) is 85.2 Å². The van der Waals surface area contributed by atoms with Crippen molar-refractivity contribution in [2.75, 3.05) is 21.3 Å². The van der Waals surface area contributed by atoms with E-state index < -0.39 is 11.5 Å². The van der Waals surface area contributed by atoms with Gasteiger partial charge in [0.05, 0.1) is 27.4 Å². The lowest BCUT2D eigenvalue weighted by Gasteiger charge is -2.19. The minimum Gasteiger partial charge on any atom is -0.504 e. The number of aromatic hydroxyl groups is 1. The van der Waals surface area contributed by atoms with E-state index in [4.69, 9.17) is 14.2 Å². The van der Waals surface area contributed by atoms with Crippen molar-refractivity contribution in [1.82, 2.24) is 0 Å². The van der Waals surface area contributed by atoms with Crippen LogP contribution in [0.1, 0.15) is 23.7 Å². The molecule has 0 aromatic heterocycles. The lowest BCUT2D eigenvalue weighted by atomic mass is 9.96. The van der Waals surface area contributed by atoms with Crippen molar-refractivity contribution in [2.45, 2.75) is 18.9 Å². The number of fused-ring (bicyclic) bond motifs is 3. The highest BCUT2D eigenvalue weighted by atomic mass is 16.5. The van der Waals surface area contributed by atoms with E-state index in [2.05, 4.69) is 0 Å². The van der Waals surface area contributed by atoms with Crippen LogP contribution < -0.4 is 19.6 Å². The molecular formula is C19H20O6. The number of ether oxygens (including phenoxy) is 3. The number of methoxy groups -OCH3 is 3. The highest BCUT2D eigenvalue weighted by Crippen LogP contribution is 2.50. The number of aliphatic hydroxyl groups excluding tert-OH is 1. The van der Waals surface area contributed by atoms with Gasteiger partial charge >= 0.3 is 0 Å². The van der Waals surface area contributed by atoms with Crippen LogP contribution in [-0.4, -0.2) is 31.5 Å². The first kappa shape index (κ1) is 17.1. The fourth-order valence-corrected chi connectivity index (χ4v) is 3.28. The van der Waals surface area contributed by atoms with Gasteiger partial charge in [0.25, 0.3) is 0 Å². The number of hydrogen-bond donors (Lipinski definition) is 2. The van der Waals surface area contributed by atoms with E-state index in [0.29, 0.717) is 41.2 Å². The van der Waals surface area contributed by atoms with E-state index in [9.17, 15) is 15.0 Å². The average molecular weight is 344 g/mol. The summed E-state index contributed by atoms with van der Waals surface area (Å²) in [6, 6.07) is 6.08. The third-order valence-electron chi connectivity index (χ3n) is 4.49. The van der Waals surface area contributed by atoms with E-state index in [1.54, 1.807) is 13.2 Å². The van der Waals surface area contributed by atoms with Gasteiger partial charge in [-0.3, -0.25) is 4.79 Å². The van der Waals surface area contributed by atoms with E-state index in [1.165, 1.54) is 26.4 Å². The molecule has 0 amide bonds. The molecule has 0 spiro atoms. The van der Waals surface area contributed by atoms with E-state index in [-0.39, 0.29) is 5.75 Å². The predicted octanol–water partition coefficient (Wildman–Crippen LogP) is 2.42. The zero-order chi connectivity index (χ0) is 18.1. The predicted molar refractivity (Wildman–Crippen MR) is 92.7 cm³/mol. The summed E-state index contributed by atoms with van der Waals surface area (Å²) in [5.74, 6) is 1.06. The van der Waals surface area contributed by atoms with E-state index >= 15 is 0 Å². The van der Waals surface area contributed by atoms with Gasteiger partial charge in [-0.15, -0.1) is 0 Å². The second-order valence-electron chi connectivity index (χ2n) is 5.83. The van der Waals surface area contributed by atoms with Gasteiger partial charge in [0, 0.05) is 5.56 Å². The summed E-state index contributed by atoms with van der Waals surface area (Å²) in [6.07, 6.45) is 0.179. The number of hydrogen-bond acceptors (Lipinski definition) is 6. The smallest absolute Gasteiger partial charge is 0.220 e. The monoisotopic (exact) mass is 344 g/mol. The molecule has 0 aliphatic heterocycles. The van der Waals surface area contributed by atoms with Crippen LogP contribution in [0.15, 0.2) is 29.1 Å². The molecule has 0 saturated carbocycles. The summed E-state index contributed by atoms with van der Waals surface area (Å²) < 4.78 is 16.4. The fraction of sp³-hybridized carbons (Fsp3) is 0.316. The molecule has 0 bridgehead atoms. The molecule has 0 radical (unpaired) electrons. The molecule has 0 saturated heterocycles. The van der Waals surface area contributed by atoms with Crippen LogP contribution in [0.3, 0.4) is 0 Å². The lowest BCUT2D eigenvalue weighted by Crippen LogP contribution is -2.01. The molecule has 1 aliphatic carbocycles. The number of rotatable bonds is 3. The van der Waals surface area contributed by atoms with Crippen molar-refractivity contribution >= 4 is 0 Å². The van der Waals surface area contributed by atoms with Gasteiger partial charge in [0.15, 0.2) is 17.2 Å². The Morgan fingerprint density at radius 2 is 1.76 bits per heavy atom. The Morgan fingerprint density at radius 1 is 1.04 bits per heavy atom. The summed E-state index contributed by atoms with van der Waals surface area (Å²) >= 11 is 0. The van der Waals surface area contributed by atoms with Gasteiger partial charge in [-0.05, 0) is 47.7 Å². The Balaban J connectivity index is 2.45. The summed E-state index contributed by atoms with van der Waals surface area (Å²) in [5.41, 5.74) is 2.17. The Bertz CT molecular complexity index is 875. The molecule has 1 atom stereocenters. The normalized spacial score (nSPS) is 15.6. The largest absolute Gasteiger partial charge is 0.504 e. The van der Waals surface area contributed by atoms with Crippen LogP contribution in [0.4, 0.5) is 0 Å². The van der Waals surface area contributed by atoms with Gasteiger partial charge in [-0.1, -0.05) is 6.07 Å². The standard InChI is InChI=1S/C19H20O6/c1-23-16-8-10-4-6-13(20)12-9-15(22)14(21)7-5-11(12)17(10)19(25-3)18(16)24-2/h5,7-9,13,20H,4,6H2,1-3H3,(H,21,22)/t13-/m1/s1. The molecular weight excluding hydrogens is 324 g/mol. The maximum atomic E-state index is 12.0. The molecule has 25 heavy (non-hydrogen) atoms. The van der Waals surface area contributed by atoms with Gasteiger partial charge in [0.2, 0.25) is 11.2 Å². The first-order valence-electron chi connectivity index (χ1n) is 7.89. The van der Waals surface area contributed by atoms with Crippen molar-refractivity contribution in [3.63, 3.8) is 0 Å². The second-order valence-corrected chi connectivity index (χ2v) is 5.83. The molecule has 0 heterocycles. The van der Waals surface area contributed by atoms with Crippen molar-refractivity contribution in [3.05, 3.63) is 45.6 Å². The van der Waals surface area contributed by atoms with Crippen molar-refractivity contribution in [1.29, 1.82) is 0 Å². The Morgan fingerprint density at radius 3 is 2.40 bits per heavy atom. The average Bonchev–Trinajstić information content (AvgIpc) is 2.84. The van der Waals surface area contributed by atoms with Gasteiger partial charge in [-0.2, -0.15) is 0 Å². The molecule has 6 nitrogen and oxygen atoms in total. The molecule has 0 unspecified atom stereocenters. The molecule has 2 N–H and O–H groups in total. The summed E-state index contributed by atoms with van der Waals surface area (Å²) in [4.78, 5) is 12.0. The number of benzene rings is 1. The number of aliphatic hydroxyl groups is 1. The molecule has 1 aliphatic rings. The minimum atomic E-state index is -0.830. The highest BCUT2D eigenvalue weighted by molar-refractivity contribution is 5.82. The minimum absolute atomic E-state index is 0.374. The third kappa shape index (κ3) is 2.78. The first-order chi connectivity index (χ1) is 12.0. The highest BCUT2D eigenvalue weighted by Gasteiger charge is 2.28. The fourth-order valence-electron chi connectivity index (χ4n) is 3.28. The summed E-state index contributed by atoms with van der Waals surface area (Å²) in [5, 5.41) is 20.3. The van der Waals surface area contributed by atoms with Crippen LogP contribution in [0.2, 0.25) is 0 Å². The molecule has 3 rings (SSSR count). The van der Waals surface area contributed by atoms with Crippen LogP contribution in [0.5, 0.6) is 23.0 Å². The van der Waals surface area contributed by atoms with Crippen molar-refractivity contribution in [3.8, 4) is 34.1 Å². The Kier molecular flexibility index (Phi) is 4.55. The van der Waals surface area contributed by atoms with Crippen LogP contribution in [0, 0.1) is 0 Å². The van der Waals surface area contributed by atoms with Gasteiger partial charge in [-0.25, -0.2) is 0 Å². The summed E-state index contributed by atoms with van der Waals surface area (Å²) in [6.45, 7) is 0. The molecule has 2 aromatic carbocycles. The molecule has 6 heteroatoms. The maximum Gasteiger partial charge on any atom is 0.220 e. The molecule has 132 valence electrons. The number of aryl methyl sites for hydroxylation is 1. The van der Waals surface area contributed by atoms with Crippen molar-refractivity contribution < 1.29 is 24.4 Å². The zero-order valence-corrected chi connectivity index (χ0v) is 14.3.